The molecule has 0 saturated carbocycles. The lowest BCUT2D eigenvalue weighted by Gasteiger charge is -2.09. The molecule has 0 spiro atoms. The lowest BCUT2D eigenvalue weighted by atomic mass is 10.0. The molecule has 0 saturated heterocycles. The van der Waals surface area contributed by atoms with Crippen LogP contribution in [0.3, 0.4) is 0 Å². The summed E-state index contributed by atoms with van der Waals surface area (Å²) in [6.45, 7) is 1.84. The van der Waals surface area contributed by atoms with Crippen LogP contribution < -0.4 is 5.32 Å². The molecule has 2 heterocycles. The van der Waals surface area contributed by atoms with Gasteiger partial charge in [0.2, 0.25) is 5.13 Å². The van der Waals surface area contributed by atoms with Crippen LogP contribution in [0.5, 0.6) is 0 Å². The number of carbonyl (C=O) groups excluding carboxylic acids is 1. The minimum atomic E-state index is -0.311. The molecule has 1 N–H and O–H groups in total. The van der Waals surface area contributed by atoms with Crippen molar-refractivity contribution in [1.29, 1.82) is 0 Å². The highest BCUT2D eigenvalue weighted by Crippen LogP contribution is 2.28. The Labute approximate surface area is 169 Å². The van der Waals surface area contributed by atoms with E-state index in [9.17, 15) is 9.18 Å². The van der Waals surface area contributed by atoms with Crippen LogP contribution in [0.2, 0.25) is 0 Å². The van der Waals surface area contributed by atoms with Crippen LogP contribution in [-0.2, 0) is 0 Å². The number of anilines is 1. The first-order chi connectivity index (χ1) is 14.1. The highest BCUT2D eigenvalue weighted by atomic mass is 32.1. The summed E-state index contributed by atoms with van der Waals surface area (Å²) in [4.78, 5) is 17.5. The monoisotopic (exact) mass is 402 g/mol. The molecule has 7 heteroatoms. The van der Waals surface area contributed by atoms with Gasteiger partial charge in [-0.2, -0.15) is 9.78 Å². The van der Waals surface area contributed by atoms with Crippen LogP contribution in [0.4, 0.5) is 10.2 Å². The molecule has 2 aromatic heterocycles. The van der Waals surface area contributed by atoms with Gasteiger partial charge in [0.1, 0.15) is 11.6 Å². The van der Waals surface area contributed by atoms with Crippen molar-refractivity contribution < 1.29 is 9.18 Å². The summed E-state index contributed by atoms with van der Waals surface area (Å²) in [5.74, 6) is -0.0242. The van der Waals surface area contributed by atoms with Crippen LogP contribution >= 0.6 is 11.3 Å². The van der Waals surface area contributed by atoms with E-state index in [-0.39, 0.29) is 11.7 Å². The zero-order valence-corrected chi connectivity index (χ0v) is 16.2. The van der Waals surface area contributed by atoms with Gasteiger partial charge in [-0.05, 0) is 42.0 Å². The van der Waals surface area contributed by atoms with Crippen molar-refractivity contribution in [3.8, 4) is 5.13 Å². The molecule has 0 fully saturated rings. The first-order valence-corrected chi connectivity index (χ1v) is 9.82. The normalized spacial score (nSPS) is 11.2. The number of carbonyl (C=O) groups is 1. The number of hydrogen-bond donors (Lipinski definition) is 1. The van der Waals surface area contributed by atoms with E-state index in [1.54, 1.807) is 22.9 Å². The quantitative estimate of drug-likeness (QED) is 0.443. The lowest BCUT2D eigenvalue weighted by molar-refractivity contribution is 0.102. The number of aromatic nitrogens is 3. The number of nitrogens with one attached hydrogen (secondary N) is 1. The van der Waals surface area contributed by atoms with Gasteiger partial charge in [0, 0.05) is 11.6 Å². The van der Waals surface area contributed by atoms with E-state index in [0.29, 0.717) is 22.0 Å². The van der Waals surface area contributed by atoms with E-state index >= 15 is 0 Å². The smallest absolute Gasteiger partial charge is 0.257 e. The predicted molar refractivity (Wildman–Crippen MR) is 113 cm³/mol. The molecule has 0 atom stereocenters. The summed E-state index contributed by atoms with van der Waals surface area (Å²) in [5.41, 5.74) is 2.01. The van der Waals surface area contributed by atoms with Gasteiger partial charge in [-0.15, -0.1) is 0 Å². The molecule has 5 rings (SSSR count). The summed E-state index contributed by atoms with van der Waals surface area (Å²) >= 11 is 1.32. The standard InChI is InChI=1S/C22H15FN4OS/c1-13-11-20(25-21(28)17-8-4-6-14-5-2-3-7-16(14)17)27(26-13)22-24-18-10-9-15(23)12-19(18)29-22/h2-12H,1H3,(H,25,28). The first kappa shape index (κ1) is 17.5. The van der Waals surface area contributed by atoms with Gasteiger partial charge < -0.3 is 5.32 Å². The van der Waals surface area contributed by atoms with Gasteiger partial charge in [-0.1, -0.05) is 47.7 Å². The Morgan fingerprint density at radius 3 is 2.79 bits per heavy atom. The zero-order chi connectivity index (χ0) is 20.0. The number of benzene rings is 3. The summed E-state index contributed by atoms with van der Waals surface area (Å²) in [6, 6.07) is 19.6. The van der Waals surface area contributed by atoms with E-state index in [0.717, 1.165) is 21.2 Å². The Morgan fingerprint density at radius 1 is 1.07 bits per heavy atom. The maximum Gasteiger partial charge on any atom is 0.257 e. The van der Waals surface area contributed by atoms with Crippen molar-refractivity contribution in [2.24, 2.45) is 0 Å². The first-order valence-electron chi connectivity index (χ1n) is 9.01. The molecule has 0 aliphatic rings. The topological polar surface area (TPSA) is 59.8 Å². The number of hydrogen-bond acceptors (Lipinski definition) is 4. The van der Waals surface area contributed by atoms with Crippen LogP contribution in [0, 0.1) is 12.7 Å². The van der Waals surface area contributed by atoms with Gasteiger partial charge in [0.05, 0.1) is 15.9 Å². The Kier molecular flexibility index (Phi) is 4.10. The molecule has 0 aliphatic heterocycles. The van der Waals surface area contributed by atoms with Crippen LogP contribution in [0.25, 0.3) is 26.1 Å². The van der Waals surface area contributed by atoms with E-state index < -0.39 is 0 Å². The summed E-state index contributed by atoms with van der Waals surface area (Å²) in [6.07, 6.45) is 0. The van der Waals surface area contributed by atoms with Gasteiger partial charge in [-0.25, -0.2) is 9.37 Å². The molecule has 3 aromatic carbocycles. The molecule has 0 radical (unpaired) electrons. The predicted octanol–water partition coefficient (Wildman–Crippen LogP) is 5.34. The number of aryl methyl sites for hydroxylation is 1. The Hall–Kier alpha value is -3.58. The Balaban J connectivity index is 1.54. The van der Waals surface area contributed by atoms with Crippen LogP contribution in [-0.4, -0.2) is 20.7 Å². The van der Waals surface area contributed by atoms with Crippen molar-refractivity contribution in [2.75, 3.05) is 5.32 Å². The third-order valence-electron chi connectivity index (χ3n) is 4.63. The van der Waals surface area contributed by atoms with Crippen molar-refractivity contribution in [3.63, 3.8) is 0 Å². The minimum Gasteiger partial charge on any atom is -0.306 e. The average Bonchev–Trinajstić information content (AvgIpc) is 3.29. The molecular formula is C22H15FN4OS. The zero-order valence-electron chi connectivity index (χ0n) is 15.4. The largest absolute Gasteiger partial charge is 0.306 e. The third kappa shape index (κ3) is 3.15. The average molecular weight is 402 g/mol. The fourth-order valence-electron chi connectivity index (χ4n) is 3.32. The number of fused-ring (bicyclic) bond motifs is 2. The second-order valence-electron chi connectivity index (χ2n) is 6.67. The van der Waals surface area contributed by atoms with Crippen LogP contribution in [0.1, 0.15) is 16.1 Å². The molecule has 0 unspecified atom stereocenters. The Bertz CT molecular complexity index is 1380. The van der Waals surface area contributed by atoms with E-state index in [1.165, 1.54) is 23.5 Å². The molecule has 29 heavy (non-hydrogen) atoms. The highest BCUT2D eigenvalue weighted by Gasteiger charge is 2.17. The summed E-state index contributed by atoms with van der Waals surface area (Å²) in [5, 5.41) is 9.85. The molecule has 0 aliphatic carbocycles. The fraction of sp³-hybridized carbons (Fsp3) is 0.0455. The van der Waals surface area contributed by atoms with Gasteiger partial charge >= 0.3 is 0 Å². The molecule has 0 bridgehead atoms. The van der Waals surface area contributed by atoms with Gasteiger partial charge in [0.25, 0.3) is 5.91 Å². The molecule has 5 nitrogen and oxygen atoms in total. The number of thiazole rings is 1. The molecular weight excluding hydrogens is 387 g/mol. The number of amides is 1. The van der Waals surface area contributed by atoms with Crippen molar-refractivity contribution in [2.45, 2.75) is 6.92 Å². The lowest BCUT2D eigenvalue weighted by Crippen LogP contribution is -2.15. The van der Waals surface area contributed by atoms with Gasteiger partial charge in [0.15, 0.2) is 0 Å². The van der Waals surface area contributed by atoms with Crippen LogP contribution in [0.15, 0.2) is 66.7 Å². The second-order valence-corrected chi connectivity index (χ2v) is 7.68. The third-order valence-corrected chi connectivity index (χ3v) is 5.62. The number of nitrogens with zero attached hydrogens (tertiary/aromatic N) is 3. The summed E-state index contributed by atoms with van der Waals surface area (Å²) < 4.78 is 15.8. The maximum absolute atomic E-state index is 13.5. The Morgan fingerprint density at radius 2 is 1.90 bits per heavy atom. The minimum absolute atomic E-state index is 0.227. The van der Waals surface area contributed by atoms with E-state index in [4.69, 9.17) is 0 Å². The molecule has 142 valence electrons. The maximum atomic E-state index is 13.5. The van der Waals surface area contributed by atoms with Crippen molar-refractivity contribution in [1.82, 2.24) is 14.8 Å². The number of halogens is 1. The van der Waals surface area contributed by atoms with E-state index in [2.05, 4.69) is 15.4 Å². The van der Waals surface area contributed by atoms with E-state index in [1.807, 2.05) is 43.3 Å². The summed E-state index contributed by atoms with van der Waals surface area (Å²) in [7, 11) is 0. The second kappa shape index (κ2) is 6.79. The number of rotatable bonds is 3. The molecule has 1 amide bonds. The SMILES string of the molecule is Cc1cc(NC(=O)c2cccc3ccccc23)n(-c2nc3ccc(F)cc3s2)n1. The highest BCUT2D eigenvalue weighted by molar-refractivity contribution is 7.20. The van der Waals surface area contributed by atoms with Crippen molar-refractivity contribution >= 4 is 44.1 Å². The fourth-order valence-corrected chi connectivity index (χ4v) is 4.27. The molecule has 5 aromatic rings. The van der Waals surface area contributed by atoms with Gasteiger partial charge in [-0.3, -0.25) is 4.79 Å². The van der Waals surface area contributed by atoms with Crippen molar-refractivity contribution in [3.05, 3.63) is 83.8 Å².